The molecule has 5 nitrogen and oxygen atoms in total. The van der Waals surface area contributed by atoms with Gasteiger partial charge in [-0.05, 0) is 25.5 Å². The van der Waals surface area contributed by atoms with Crippen LogP contribution in [0, 0.1) is 22.9 Å². The molecule has 7 heteroatoms. The van der Waals surface area contributed by atoms with Crippen molar-refractivity contribution < 1.29 is 19.2 Å². The zero-order chi connectivity index (χ0) is 14.9. The summed E-state index contributed by atoms with van der Waals surface area (Å²) in [6, 6.07) is 5.81. The zero-order valence-corrected chi connectivity index (χ0v) is 11.6. The predicted octanol–water partition coefficient (Wildman–Crippen LogP) is 3.95. The van der Waals surface area contributed by atoms with E-state index in [0.717, 1.165) is 11.3 Å². The molecule has 106 valence electrons. The summed E-state index contributed by atoms with van der Waals surface area (Å²) in [6.07, 6.45) is -0.849. The monoisotopic (exact) mass is 297 g/mol. The Balaban J connectivity index is 2.42. The summed E-state index contributed by atoms with van der Waals surface area (Å²) in [5.74, 6) is -0.638. The Bertz CT molecular complexity index is 654. The van der Waals surface area contributed by atoms with Gasteiger partial charge in [0.15, 0.2) is 11.6 Å². The molecule has 0 bridgehead atoms. The predicted molar refractivity (Wildman–Crippen MR) is 72.8 cm³/mol. The van der Waals surface area contributed by atoms with Crippen molar-refractivity contribution >= 4 is 17.0 Å². The van der Waals surface area contributed by atoms with Gasteiger partial charge in [0.05, 0.1) is 11.0 Å². The fraction of sp³-hybridized carbons (Fsp3) is 0.231. The van der Waals surface area contributed by atoms with Gasteiger partial charge < -0.3 is 9.84 Å². The first-order valence-electron chi connectivity index (χ1n) is 5.79. The Kier molecular flexibility index (Phi) is 4.01. The lowest BCUT2D eigenvalue weighted by atomic mass is 10.2. The molecule has 0 saturated heterocycles. The fourth-order valence-corrected chi connectivity index (χ4v) is 2.51. The molecule has 1 N–H and O–H groups in total. The highest BCUT2D eigenvalue weighted by atomic mass is 32.1. The highest BCUT2D eigenvalue weighted by molar-refractivity contribution is 7.14. The molecular weight excluding hydrogens is 285 g/mol. The lowest BCUT2D eigenvalue weighted by Crippen LogP contribution is -1.92. The number of hydrogen-bond donors (Lipinski definition) is 1. The van der Waals surface area contributed by atoms with Crippen LogP contribution in [0.1, 0.15) is 23.5 Å². The van der Waals surface area contributed by atoms with Gasteiger partial charge in [0.1, 0.15) is 0 Å². The van der Waals surface area contributed by atoms with E-state index in [4.69, 9.17) is 4.74 Å². The van der Waals surface area contributed by atoms with Crippen LogP contribution >= 0.6 is 11.3 Å². The molecular formula is C13H12FNO4S. The third-order valence-corrected chi connectivity index (χ3v) is 3.84. The van der Waals surface area contributed by atoms with Crippen LogP contribution < -0.4 is 4.74 Å². The minimum atomic E-state index is -0.849. The number of benzene rings is 1. The molecule has 0 fully saturated rings. The largest absolute Gasteiger partial charge is 0.437 e. The van der Waals surface area contributed by atoms with Crippen LogP contribution in [-0.2, 0) is 0 Å². The maximum absolute atomic E-state index is 13.8. The molecule has 0 aliphatic rings. The van der Waals surface area contributed by atoms with Gasteiger partial charge in [-0.2, -0.15) is 0 Å². The van der Waals surface area contributed by atoms with Crippen LogP contribution in [-0.4, -0.2) is 10.0 Å². The average molecular weight is 297 g/mol. The van der Waals surface area contributed by atoms with E-state index in [1.807, 2.05) is 0 Å². The Hall–Kier alpha value is -1.99. The molecule has 1 unspecified atom stereocenters. The van der Waals surface area contributed by atoms with Crippen molar-refractivity contribution in [2.45, 2.75) is 20.0 Å². The van der Waals surface area contributed by atoms with Gasteiger partial charge in [-0.1, -0.05) is 23.5 Å². The van der Waals surface area contributed by atoms with Gasteiger partial charge in [-0.15, -0.1) is 0 Å². The van der Waals surface area contributed by atoms with Crippen LogP contribution in [0.25, 0.3) is 0 Å². The highest BCUT2D eigenvalue weighted by Gasteiger charge is 2.24. The first-order chi connectivity index (χ1) is 9.40. The van der Waals surface area contributed by atoms with E-state index in [-0.39, 0.29) is 16.5 Å². The van der Waals surface area contributed by atoms with E-state index < -0.39 is 16.8 Å². The van der Waals surface area contributed by atoms with E-state index in [0.29, 0.717) is 10.4 Å². The van der Waals surface area contributed by atoms with Crippen LogP contribution in [0.3, 0.4) is 0 Å². The first-order valence-corrected chi connectivity index (χ1v) is 6.61. The quantitative estimate of drug-likeness (QED) is 0.685. The van der Waals surface area contributed by atoms with Gasteiger partial charge >= 0.3 is 5.69 Å². The van der Waals surface area contributed by atoms with Crippen molar-refractivity contribution in [3.05, 3.63) is 50.6 Å². The van der Waals surface area contributed by atoms with E-state index in [9.17, 15) is 19.6 Å². The number of rotatable bonds is 4. The molecule has 0 aliphatic carbocycles. The van der Waals surface area contributed by atoms with Crippen molar-refractivity contribution in [3.8, 4) is 10.8 Å². The molecule has 1 heterocycles. The van der Waals surface area contributed by atoms with E-state index in [1.165, 1.54) is 19.1 Å². The fourth-order valence-electron chi connectivity index (χ4n) is 1.59. The second-order valence-corrected chi connectivity index (χ2v) is 5.29. The molecule has 0 saturated carbocycles. The molecule has 0 spiro atoms. The van der Waals surface area contributed by atoms with Gasteiger partial charge in [0.2, 0.25) is 0 Å². The number of thiophene rings is 1. The molecule has 20 heavy (non-hydrogen) atoms. The van der Waals surface area contributed by atoms with Crippen LogP contribution in [0.5, 0.6) is 10.8 Å². The molecule has 1 aromatic carbocycles. The molecule has 2 rings (SSSR count). The summed E-state index contributed by atoms with van der Waals surface area (Å²) in [4.78, 5) is 10.7. The standard InChI is InChI=1S/C13H12FNO4S/c1-7-4-3-5-10(12(7)14)19-13-9(15(17)18)6-11(20-13)8(2)16/h3-6,8,16H,1-2H3. The average Bonchev–Trinajstić information content (AvgIpc) is 2.79. The Morgan fingerprint density at radius 1 is 1.50 bits per heavy atom. The van der Waals surface area contributed by atoms with Crippen LogP contribution in [0.2, 0.25) is 0 Å². The Morgan fingerprint density at radius 3 is 2.80 bits per heavy atom. The van der Waals surface area contributed by atoms with Crippen molar-refractivity contribution in [1.29, 1.82) is 0 Å². The number of aliphatic hydroxyl groups excluding tert-OH is 1. The molecule has 0 radical (unpaired) electrons. The number of halogens is 1. The van der Waals surface area contributed by atoms with E-state index in [1.54, 1.807) is 19.1 Å². The van der Waals surface area contributed by atoms with Crippen molar-refractivity contribution in [3.63, 3.8) is 0 Å². The first kappa shape index (κ1) is 14.4. The van der Waals surface area contributed by atoms with E-state index >= 15 is 0 Å². The highest BCUT2D eigenvalue weighted by Crippen LogP contribution is 2.42. The summed E-state index contributed by atoms with van der Waals surface area (Å²) in [7, 11) is 0. The van der Waals surface area contributed by atoms with Crippen LogP contribution in [0.4, 0.5) is 10.1 Å². The number of nitrogens with zero attached hydrogens (tertiary/aromatic N) is 1. The van der Waals surface area contributed by atoms with Crippen molar-refractivity contribution in [2.75, 3.05) is 0 Å². The lowest BCUT2D eigenvalue weighted by Gasteiger charge is -2.05. The van der Waals surface area contributed by atoms with Gasteiger partial charge in [-0.3, -0.25) is 10.1 Å². The third kappa shape index (κ3) is 2.78. The maximum atomic E-state index is 13.8. The maximum Gasteiger partial charge on any atom is 0.323 e. The third-order valence-electron chi connectivity index (χ3n) is 2.67. The van der Waals surface area contributed by atoms with Gasteiger partial charge in [0, 0.05) is 10.9 Å². The number of nitro groups is 1. The molecule has 0 aliphatic heterocycles. The SMILES string of the molecule is Cc1cccc(Oc2sc(C(C)O)cc2[N+](=O)[O-])c1F. The number of aliphatic hydroxyl groups is 1. The van der Waals surface area contributed by atoms with E-state index in [2.05, 4.69) is 0 Å². The summed E-state index contributed by atoms with van der Waals surface area (Å²) in [5.41, 5.74) is 0.101. The molecule has 0 amide bonds. The summed E-state index contributed by atoms with van der Waals surface area (Å²) in [6.45, 7) is 3.07. The smallest absolute Gasteiger partial charge is 0.323 e. The van der Waals surface area contributed by atoms with Gasteiger partial charge in [0.25, 0.3) is 5.06 Å². The number of hydrogen-bond acceptors (Lipinski definition) is 5. The Morgan fingerprint density at radius 2 is 2.20 bits per heavy atom. The Labute approximate surface area is 118 Å². The zero-order valence-electron chi connectivity index (χ0n) is 10.8. The second kappa shape index (κ2) is 5.56. The second-order valence-electron chi connectivity index (χ2n) is 4.24. The minimum absolute atomic E-state index is 0.0459. The minimum Gasteiger partial charge on any atom is -0.437 e. The molecule has 2 aromatic rings. The number of aryl methyl sites for hydroxylation is 1. The topological polar surface area (TPSA) is 72.6 Å². The van der Waals surface area contributed by atoms with Crippen molar-refractivity contribution in [2.24, 2.45) is 0 Å². The molecule has 1 atom stereocenters. The lowest BCUT2D eigenvalue weighted by molar-refractivity contribution is -0.385. The van der Waals surface area contributed by atoms with Crippen molar-refractivity contribution in [1.82, 2.24) is 0 Å². The normalized spacial score (nSPS) is 12.2. The number of ether oxygens (including phenoxy) is 1. The van der Waals surface area contributed by atoms with Gasteiger partial charge in [-0.25, -0.2) is 4.39 Å². The molecule has 1 aromatic heterocycles. The summed E-state index contributed by atoms with van der Waals surface area (Å²) in [5, 5.41) is 20.4. The van der Waals surface area contributed by atoms with Crippen LogP contribution in [0.15, 0.2) is 24.3 Å². The summed E-state index contributed by atoms with van der Waals surface area (Å²) < 4.78 is 19.1. The summed E-state index contributed by atoms with van der Waals surface area (Å²) >= 11 is 0.925.